The molecule has 1 N–H and O–H groups in total. The molecule has 1 unspecified atom stereocenters. The molecular weight excluding hydrogens is 289 g/mol. The lowest BCUT2D eigenvalue weighted by molar-refractivity contribution is 0.519. The lowest BCUT2D eigenvalue weighted by Gasteiger charge is -2.19. The summed E-state index contributed by atoms with van der Waals surface area (Å²) in [5.74, 6) is 0. The second kappa shape index (κ2) is 7.12. The van der Waals surface area contributed by atoms with Crippen LogP contribution in [-0.4, -0.2) is 0 Å². The maximum Gasteiger partial charge on any atom is 0.0468 e. The van der Waals surface area contributed by atoms with Gasteiger partial charge in [-0.05, 0) is 36.6 Å². The van der Waals surface area contributed by atoms with Crippen LogP contribution in [0.5, 0.6) is 0 Å². The smallest absolute Gasteiger partial charge is 0.0468 e. The zero-order valence-corrected chi connectivity index (χ0v) is 13.3. The number of hydrogen-bond acceptors (Lipinski definition) is 1. The van der Waals surface area contributed by atoms with E-state index in [9.17, 15) is 0 Å². The average Bonchev–Trinajstić information content (AvgIpc) is 2.41. The standard InChI is InChI=1S/C17H19Cl2N/c1-3-17(15-8-7-14(18)10-16(15)19)20-11-13-6-4-5-12(2)9-13/h4-10,17,20H,3,11H2,1-2H3. The predicted octanol–water partition coefficient (Wildman–Crippen LogP) is 5.54. The molecule has 0 saturated heterocycles. The van der Waals surface area contributed by atoms with Crippen LogP contribution in [0.4, 0.5) is 0 Å². The fourth-order valence-electron chi connectivity index (χ4n) is 2.32. The Morgan fingerprint density at radius 2 is 1.90 bits per heavy atom. The Morgan fingerprint density at radius 1 is 1.10 bits per heavy atom. The summed E-state index contributed by atoms with van der Waals surface area (Å²) in [7, 11) is 0. The van der Waals surface area contributed by atoms with E-state index in [0.29, 0.717) is 5.02 Å². The minimum atomic E-state index is 0.236. The molecule has 0 aliphatic carbocycles. The van der Waals surface area contributed by atoms with Crippen molar-refractivity contribution in [3.63, 3.8) is 0 Å². The van der Waals surface area contributed by atoms with E-state index < -0.39 is 0 Å². The molecule has 0 saturated carbocycles. The molecule has 0 aromatic heterocycles. The van der Waals surface area contributed by atoms with Crippen LogP contribution in [0.3, 0.4) is 0 Å². The molecule has 0 heterocycles. The van der Waals surface area contributed by atoms with Crippen molar-refractivity contribution < 1.29 is 0 Å². The van der Waals surface area contributed by atoms with Gasteiger partial charge < -0.3 is 5.32 Å². The molecule has 0 aliphatic heterocycles. The van der Waals surface area contributed by atoms with Crippen molar-refractivity contribution in [2.24, 2.45) is 0 Å². The Kier molecular flexibility index (Phi) is 5.47. The van der Waals surface area contributed by atoms with E-state index in [0.717, 1.165) is 23.6 Å². The highest BCUT2D eigenvalue weighted by Crippen LogP contribution is 2.28. The van der Waals surface area contributed by atoms with E-state index in [-0.39, 0.29) is 6.04 Å². The largest absolute Gasteiger partial charge is 0.306 e. The minimum Gasteiger partial charge on any atom is -0.306 e. The van der Waals surface area contributed by atoms with Gasteiger partial charge >= 0.3 is 0 Å². The maximum absolute atomic E-state index is 6.29. The number of aryl methyl sites for hydroxylation is 1. The fraction of sp³-hybridized carbons (Fsp3) is 0.294. The number of benzene rings is 2. The summed E-state index contributed by atoms with van der Waals surface area (Å²) in [6, 6.07) is 14.5. The van der Waals surface area contributed by atoms with Gasteiger partial charge in [0.25, 0.3) is 0 Å². The van der Waals surface area contributed by atoms with Crippen LogP contribution in [0, 0.1) is 6.92 Å². The number of hydrogen-bond donors (Lipinski definition) is 1. The highest BCUT2D eigenvalue weighted by molar-refractivity contribution is 6.35. The Balaban J connectivity index is 2.09. The van der Waals surface area contributed by atoms with E-state index in [2.05, 4.69) is 43.4 Å². The van der Waals surface area contributed by atoms with Gasteiger partial charge in [0, 0.05) is 22.6 Å². The number of halogens is 2. The number of rotatable bonds is 5. The van der Waals surface area contributed by atoms with Crippen molar-refractivity contribution in [3.8, 4) is 0 Å². The summed E-state index contributed by atoms with van der Waals surface area (Å²) in [6.07, 6.45) is 0.979. The van der Waals surface area contributed by atoms with Crippen LogP contribution < -0.4 is 5.32 Å². The molecule has 20 heavy (non-hydrogen) atoms. The third kappa shape index (κ3) is 3.99. The third-order valence-electron chi connectivity index (χ3n) is 3.38. The Morgan fingerprint density at radius 3 is 2.55 bits per heavy atom. The van der Waals surface area contributed by atoms with E-state index in [1.807, 2.05) is 12.1 Å². The van der Waals surface area contributed by atoms with Crippen molar-refractivity contribution in [1.29, 1.82) is 0 Å². The van der Waals surface area contributed by atoms with Gasteiger partial charge in [-0.1, -0.05) is 66.0 Å². The molecule has 0 bridgehead atoms. The Hall–Kier alpha value is -1.02. The van der Waals surface area contributed by atoms with Crippen molar-refractivity contribution in [3.05, 3.63) is 69.2 Å². The molecule has 2 aromatic carbocycles. The molecule has 2 rings (SSSR count). The van der Waals surface area contributed by atoms with Crippen LogP contribution in [0.25, 0.3) is 0 Å². The van der Waals surface area contributed by atoms with Crippen molar-refractivity contribution in [1.82, 2.24) is 5.32 Å². The van der Waals surface area contributed by atoms with E-state index >= 15 is 0 Å². The first-order chi connectivity index (χ1) is 9.60. The van der Waals surface area contributed by atoms with E-state index in [4.69, 9.17) is 23.2 Å². The van der Waals surface area contributed by atoms with Crippen LogP contribution in [-0.2, 0) is 6.54 Å². The molecular formula is C17H19Cl2N. The quantitative estimate of drug-likeness (QED) is 0.764. The van der Waals surface area contributed by atoms with Crippen molar-refractivity contribution in [2.75, 3.05) is 0 Å². The molecule has 1 atom stereocenters. The summed E-state index contributed by atoms with van der Waals surface area (Å²) in [5, 5.41) is 4.96. The van der Waals surface area contributed by atoms with Gasteiger partial charge in [0.2, 0.25) is 0 Å². The molecule has 106 valence electrons. The molecule has 0 radical (unpaired) electrons. The Bertz CT molecular complexity index is 581. The fourth-order valence-corrected chi connectivity index (χ4v) is 2.86. The summed E-state index contributed by atoms with van der Waals surface area (Å²) in [6.45, 7) is 5.09. The summed E-state index contributed by atoms with van der Waals surface area (Å²) in [4.78, 5) is 0. The van der Waals surface area contributed by atoms with E-state index in [1.165, 1.54) is 11.1 Å². The zero-order valence-electron chi connectivity index (χ0n) is 11.8. The van der Waals surface area contributed by atoms with Crippen molar-refractivity contribution >= 4 is 23.2 Å². The molecule has 0 fully saturated rings. The SMILES string of the molecule is CCC(NCc1cccc(C)c1)c1ccc(Cl)cc1Cl. The predicted molar refractivity (Wildman–Crippen MR) is 87.5 cm³/mol. The highest BCUT2D eigenvalue weighted by atomic mass is 35.5. The lowest BCUT2D eigenvalue weighted by atomic mass is 10.0. The van der Waals surface area contributed by atoms with Crippen LogP contribution in [0.2, 0.25) is 10.0 Å². The minimum absolute atomic E-state index is 0.236. The van der Waals surface area contributed by atoms with Crippen LogP contribution in [0.1, 0.15) is 36.1 Å². The average molecular weight is 308 g/mol. The second-order valence-electron chi connectivity index (χ2n) is 5.00. The van der Waals surface area contributed by atoms with Gasteiger partial charge in [-0.25, -0.2) is 0 Å². The molecule has 3 heteroatoms. The molecule has 2 aromatic rings. The topological polar surface area (TPSA) is 12.0 Å². The van der Waals surface area contributed by atoms with Gasteiger partial charge in [-0.15, -0.1) is 0 Å². The number of nitrogens with one attached hydrogen (secondary N) is 1. The van der Waals surface area contributed by atoms with Gasteiger partial charge in [0.1, 0.15) is 0 Å². The van der Waals surface area contributed by atoms with Crippen LogP contribution in [0.15, 0.2) is 42.5 Å². The highest BCUT2D eigenvalue weighted by Gasteiger charge is 2.12. The van der Waals surface area contributed by atoms with Gasteiger partial charge in [-0.2, -0.15) is 0 Å². The lowest BCUT2D eigenvalue weighted by Crippen LogP contribution is -2.20. The first kappa shape index (κ1) is 15.4. The van der Waals surface area contributed by atoms with Gasteiger partial charge in [-0.3, -0.25) is 0 Å². The molecule has 0 amide bonds. The second-order valence-corrected chi connectivity index (χ2v) is 5.84. The summed E-state index contributed by atoms with van der Waals surface area (Å²) in [5.41, 5.74) is 3.67. The third-order valence-corrected chi connectivity index (χ3v) is 3.94. The zero-order chi connectivity index (χ0) is 14.5. The molecule has 0 spiro atoms. The molecule has 1 nitrogen and oxygen atoms in total. The monoisotopic (exact) mass is 307 g/mol. The van der Waals surface area contributed by atoms with E-state index in [1.54, 1.807) is 6.07 Å². The first-order valence-electron chi connectivity index (χ1n) is 6.84. The first-order valence-corrected chi connectivity index (χ1v) is 7.59. The normalized spacial score (nSPS) is 12.4. The maximum atomic E-state index is 6.29. The van der Waals surface area contributed by atoms with Gasteiger partial charge in [0.15, 0.2) is 0 Å². The van der Waals surface area contributed by atoms with Crippen molar-refractivity contribution in [2.45, 2.75) is 32.9 Å². The summed E-state index contributed by atoms with van der Waals surface area (Å²) >= 11 is 12.2. The summed E-state index contributed by atoms with van der Waals surface area (Å²) < 4.78 is 0. The Labute approximate surface area is 130 Å². The van der Waals surface area contributed by atoms with Gasteiger partial charge in [0.05, 0.1) is 0 Å². The molecule has 0 aliphatic rings. The van der Waals surface area contributed by atoms with Crippen LogP contribution >= 0.6 is 23.2 Å².